The van der Waals surface area contributed by atoms with E-state index < -0.39 is 4.92 Å². The number of aryl methyl sites for hydroxylation is 1. The van der Waals surface area contributed by atoms with Crippen molar-refractivity contribution in [1.29, 1.82) is 0 Å². The molecule has 0 fully saturated rings. The molecule has 0 bridgehead atoms. The molecule has 1 aromatic heterocycles. The van der Waals surface area contributed by atoms with Gasteiger partial charge >= 0.3 is 5.88 Å². The van der Waals surface area contributed by atoms with Gasteiger partial charge in [0, 0.05) is 0 Å². The van der Waals surface area contributed by atoms with Gasteiger partial charge in [0.05, 0.1) is 23.0 Å². The van der Waals surface area contributed by atoms with Gasteiger partial charge in [0.1, 0.15) is 10.7 Å². The summed E-state index contributed by atoms with van der Waals surface area (Å²) in [5.74, 6) is -0.432. The van der Waals surface area contributed by atoms with Crippen LogP contribution in [0.5, 0.6) is 0 Å². The number of furan rings is 1. The van der Waals surface area contributed by atoms with E-state index in [4.69, 9.17) is 4.42 Å². The Morgan fingerprint density at radius 2 is 1.87 bits per heavy atom. The van der Waals surface area contributed by atoms with E-state index in [0.29, 0.717) is 17.0 Å². The second-order valence-electron chi connectivity index (χ2n) is 5.13. The van der Waals surface area contributed by atoms with E-state index in [1.165, 1.54) is 23.2 Å². The molecular weight excluding hydrogens is 298 g/mol. The van der Waals surface area contributed by atoms with Crippen LogP contribution in [0, 0.1) is 17.0 Å². The van der Waals surface area contributed by atoms with Crippen molar-refractivity contribution < 1.29 is 14.1 Å². The largest absolute Gasteiger partial charge is 0.433 e. The highest BCUT2D eigenvalue weighted by atomic mass is 16.6. The first kappa shape index (κ1) is 14.7. The molecule has 7 nitrogen and oxygen atoms in total. The van der Waals surface area contributed by atoms with E-state index in [1.807, 2.05) is 31.2 Å². The zero-order valence-corrected chi connectivity index (χ0v) is 12.5. The minimum absolute atomic E-state index is 0.236. The lowest BCUT2D eigenvalue weighted by molar-refractivity contribution is -0.402. The number of hydrogen-bond acceptors (Lipinski definition) is 5. The first-order valence-electron chi connectivity index (χ1n) is 6.88. The molecule has 3 rings (SSSR count). The fraction of sp³-hybridized carbons (Fsp3) is 0.125. The summed E-state index contributed by atoms with van der Waals surface area (Å²) in [6.07, 6.45) is 1.46. The van der Waals surface area contributed by atoms with E-state index >= 15 is 0 Å². The predicted octanol–water partition coefficient (Wildman–Crippen LogP) is 3.30. The Morgan fingerprint density at radius 3 is 2.48 bits per heavy atom. The number of nitrogens with zero attached hydrogens (tertiary/aromatic N) is 3. The van der Waals surface area contributed by atoms with Crippen molar-refractivity contribution in [2.24, 2.45) is 5.10 Å². The third-order valence-corrected chi connectivity index (χ3v) is 3.42. The molecule has 2 heterocycles. The van der Waals surface area contributed by atoms with Crippen LogP contribution in [0.15, 0.2) is 51.5 Å². The molecule has 1 amide bonds. The molecule has 0 spiro atoms. The zero-order chi connectivity index (χ0) is 16.6. The molecule has 23 heavy (non-hydrogen) atoms. The molecule has 1 aliphatic rings. The van der Waals surface area contributed by atoms with Gasteiger partial charge in [-0.2, -0.15) is 10.1 Å². The third-order valence-electron chi connectivity index (χ3n) is 3.42. The summed E-state index contributed by atoms with van der Waals surface area (Å²) in [5, 5.41) is 16.2. The van der Waals surface area contributed by atoms with Gasteiger partial charge in [0.2, 0.25) is 0 Å². The number of nitro groups is 1. The normalized spacial score (nSPS) is 16.1. The van der Waals surface area contributed by atoms with Gasteiger partial charge in [-0.25, -0.2) is 0 Å². The number of rotatable bonds is 3. The monoisotopic (exact) mass is 311 g/mol. The van der Waals surface area contributed by atoms with Gasteiger partial charge in [-0.1, -0.05) is 17.7 Å². The second kappa shape index (κ2) is 5.53. The number of anilines is 1. The highest BCUT2D eigenvalue weighted by Crippen LogP contribution is 2.26. The molecule has 7 heteroatoms. The lowest BCUT2D eigenvalue weighted by Crippen LogP contribution is -2.21. The Balaban J connectivity index is 1.91. The molecule has 0 saturated heterocycles. The van der Waals surface area contributed by atoms with Gasteiger partial charge in [-0.05, 0) is 38.1 Å². The average Bonchev–Trinajstić information content (AvgIpc) is 3.09. The Hall–Kier alpha value is -3.22. The maximum absolute atomic E-state index is 12.5. The number of amides is 1. The summed E-state index contributed by atoms with van der Waals surface area (Å²) in [6.45, 7) is 3.66. The van der Waals surface area contributed by atoms with Gasteiger partial charge in [0.15, 0.2) is 0 Å². The Bertz CT molecular complexity index is 846. The van der Waals surface area contributed by atoms with Crippen LogP contribution >= 0.6 is 0 Å². The van der Waals surface area contributed by atoms with Crippen molar-refractivity contribution in [3.8, 4) is 0 Å². The van der Waals surface area contributed by atoms with Crippen LogP contribution in [0.4, 0.5) is 11.6 Å². The van der Waals surface area contributed by atoms with Crippen LogP contribution in [0.25, 0.3) is 6.08 Å². The number of hydrogen-bond donors (Lipinski definition) is 0. The number of carbonyl (C=O) groups excluding carboxylic acids is 1. The van der Waals surface area contributed by atoms with Crippen LogP contribution in [0.1, 0.15) is 18.2 Å². The Morgan fingerprint density at radius 1 is 1.17 bits per heavy atom. The minimum Gasteiger partial charge on any atom is -0.401 e. The number of carbonyl (C=O) groups is 1. The molecule has 0 unspecified atom stereocenters. The van der Waals surface area contributed by atoms with Crippen molar-refractivity contribution in [2.75, 3.05) is 5.01 Å². The minimum atomic E-state index is -0.627. The summed E-state index contributed by atoms with van der Waals surface area (Å²) in [7, 11) is 0. The van der Waals surface area contributed by atoms with Crippen LogP contribution < -0.4 is 5.01 Å². The molecule has 116 valence electrons. The summed E-state index contributed by atoms with van der Waals surface area (Å²) >= 11 is 0. The summed E-state index contributed by atoms with van der Waals surface area (Å²) < 4.78 is 5.06. The molecule has 0 aliphatic carbocycles. The van der Waals surface area contributed by atoms with Gasteiger partial charge < -0.3 is 4.42 Å². The Kier molecular flexibility index (Phi) is 3.53. The van der Waals surface area contributed by atoms with Gasteiger partial charge in [-0.3, -0.25) is 14.9 Å². The number of benzene rings is 1. The molecule has 1 aromatic carbocycles. The smallest absolute Gasteiger partial charge is 0.401 e. The highest BCUT2D eigenvalue weighted by Gasteiger charge is 2.29. The third kappa shape index (κ3) is 2.76. The predicted molar refractivity (Wildman–Crippen MR) is 85.1 cm³/mol. The molecule has 2 aromatic rings. The maximum atomic E-state index is 12.5. The standard InChI is InChI=1S/C16H13N3O4/c1-10-3-5-12(6-4-10)18-16(20)14(11(2)17-18)9-13-7-8-15(23-13)19(21)22/h3-9H,1-2H3/b14-9-. The van der Waals surface area contributed by atoms with Crippen LogP contribution in [0.3, 0.4) is 0 Å². The lowest BCUT2D eigenvalue weighted by Gasteiger charge is -2.11. The molecular formula is C16H13N3O4. The van der Waals surface area contributed by atoms with Crippen LogP contribution in [-0.4, -0.2) is 16.5 Å². The maximum Gasteiger partial charge on any atom is 0.433 e. The van der Waals surface area contributed by atoms with Crippen LogP contribution in [-0.2, 0) is 4.79 Å². The summed E-state index contributed by atoms with van der Waals surface area (Å²) in [4.78, 5) is 22.5. The molecule has 0 saturated carbocycles. The van der Waals surface area contributed by atoms with Gasteiger partial charge in [0.25, 0.3) is 5.91 Å². The molecule has 0 N–H and O–H groups in total. The van der Waals surface area contributed by atoms with Crippen molar-refractivity contribution >= 4 is 29.3 Å². The van der Waals surface area contributed by atoms with E-state index in [0.717, 1.165) is 5.56 Å². The van der Waals surface area contributed by atoms with Crippen molar-refractivity contribution in [3.05, 3.63) is 63.4 Å². The molecule has 0 atom stereocenters. The number of hydrazone groups is 1. The second-order valence-corrected chi connectivity index (χ2v) is 5.13. The van der Waals surface area contributed by atoms with Gasteiger partial charge in [-0.15, -0.1) is 0 Å². The molecule has 0 radical (unpaired) electrons. The Labute approximate surface area is 131 Å². The fourth-order valence-corrected chi connectivity index (χ4v) is 2.21. The van der Waals surface area contributed by atoms with E-state index in [-0.39, 0.29) is 17.6 Å². The van der Waals surface area contributed by atoms with E-state index in [9.17, 15) is 14.9 Å². The van der Waals surface area contributed by atoms with Crippen molar-refractivity contribution in [1.82, 2.24) is 0 Å². The summed E-state index contributed by atoms with van der Waals surface area (Å²) in [5.41, 5.74) is 2.61. The van der Waals surface area contributed by atoms with Crippen LogP contribution in [0.2, 0.25) is 0 Å². The van der Waals surface area contributed by atoms with Crippen molar-refractivity contribution in [3.63, 3.8) is 0 Å². The molecule has 1 aliphatic heterocycles. The zero-order valence-electron chi connectivity index (χ0n) is 12.5. The fourth-order valence-electron chi connectivity index (χ4n) is 2.21. The SMILES string of the molecule is CC1=NN(c2ccc(C)cc2)C(=O)/C1=C\c1ccc([N+](=O)[O-])o1. The first-order chi connectivity index (χ1) is 11.0. The van der Waals surface area contributed by atoms with E-state index in [2.05, 4.69) is 5.10 Å². The average molecular weight is 311 g/mol. The quantitative estimate of drug-likeness (QED) is 0.494. The summed E-state index contributed by atoms with van der Waals surface area (Å²) in [6, 6.07) is 10.1. The highest BCUT2D eigenvalue weighted by molar-refractivity contribution is 6.32. The van der Waals surface area contributed by atoms with E-state index in [1.54, 1.807) is 6.92 Å². The van der Waals surface area contributed by atoms with Crippen molar-refractivity contribution in [2.45, 2.75) is 13.8 Å². The topological polar surface area (TPSA) is 89.0 Å². The lowest BCUT2D eigenvalue weighted by atomic mass is 10.1. The first-order valence-corrected chi connectivity index (χ1v) is 6.88.